The number of hydrogen-bond acceptors (Lipinski definition) is 2. The molecule has 1 heterocycles. The summed E-state index contributed by atoms with van der Waals surface area (Å²) in [5, 5.41) is 4.89. The summed E-state index contributed by atoms with van der Waals surface area (Å²) in [4.78, 5) is 3.98. The zero-order chi connectivity index (χ0) is 13.1. The van der Waals surface area contributed by atoms with E-state index in [9.17, 15) is 0 Å². The van der Waals surface area contributed by atoms with Crippen molar-refractivity contribution in [2.45, 2.75) is 6.04 Å². The van der Waals surface area contributed by atoms with Gasteiger partial charge >= 0.3 is 0 Å². The second kappa shape index (κ2) is 5.89. The van der Waals surface area contributed by atoms with Crippen LogP contribution in [0.1, 0.15) is 17.2 Å². The lowest BCUT2D eigenvalue weighted by Crippen LogP contribution is -2.18. The van der Waals surface area contributed by atoms with Crippen molar-refractivity contribution in [1.82, 2.24) is 10.3 Å². The molecule has 5 heteroatoms. The topological polar surface area (TPSA) is 24.9 Å². The maximum Gasteiger partial charge on any atom is 0.0640 e. The lowest BCUT2D eigenvalue weighted by molar-refractivity contribution is 0.691. The molecular formula is C13H11Cl3N2. The molecule has 1 atom stereocenters. The highest BCUT2D eigenvalue weighted by Crippen LogP contribution is 2.31. The molecule has 0 amide bonds. The Labute approximate surface area is 121 Å². The number of benzene rings is 1. The highest BCUT2D eigenvalue weighted by Gasteiger charge is 2.15. The molecule has 0 aliphatic rings. The molecule has 1 aromatic heterocycles. The van der Waals surface area contributed by atoms with E-state index in [4.69, 9.17) is 34.8 Å². The molecule has 0 bridgehead atoms. The quantitative estimate of drug-likeness (QED) is 0.911. The summed E-state index contributed by atoms with van der Waals surface area (Å²) in [7, 11) is 1.87. The van der Waals surface area contributed by atoms with Crippen LogP contribution in [0.5, 0.6) is 0 Å². The fraction of sp³-hybridized carbons (Fsp3) is 0.154. The fourth-order valence-electron chi connectivity index (χ4n) is 1.81. The summed E-state index contributed by atoms with van der Waals surface area (Å²) in [5.41, 5.74) is 1.95. The van der Waals surface area contributed by atoms with Gasteiger partial charge in [-0.3, -0.25) is 4.98 Å². The van der Waals surface area contributed by atoms with Crippen molar-refractivity contribution in [2.75, 3.05) is 7.05 Å². The minimum absolute atomic E-state index is 0.0460. The van der Waals surface area contributed by atoms with Crippen LogP contribution in [-0.2, 0) is 0 Å². The Morgan fingerprint density at radius 1 is 1.06 bits per heavy atom. The van der Waals surface area contributed by atoms with Crippen LogP contribution in [0.25, 0.3) is 0 Å². The molecule has 94 valence electrons. The van der Waals surface area contributed by atoms with Crippen molar-refractivity contribution in [2.24, 2.45) is 0 Å². The number of rotatable bonds is 3. The van der Waals surface area contributed by atoms with Crippen molar-refractivity contribution in [3.63, 3.8) is 0 Å². The summed E-state index contributed by atoms with van der Waals surface area (Å²) in [6, 6.07) is 7.37. The Morgan fingerprint density at radius 2 is 1.83 bits per heavy atom. The number of nitrogens with zero attached hydrogens (tertiary/aromatic N) is 1. The van der Waals surface area contributed by atoms with Crippen molar-refractivity contribution >= 4 is 34.8 Å². The van der Waals surface area contributed by atoms with Crippen molar-refractivity contribution in [3.05, 3.63) is 62.9 Å². The van der Waals surface area contributed by atoms with Crippen LogP contribution in [-0.4, -0.2) is 12.0 Å². The molecule has 2 aromatic rings. The molecule has 2 nitrogen and oxygen atoms in total. The van der Waals surface area contributed by atoms with Crippen LogP contribution in [0.2, 0.25) is 15.1 Å². The van der Waals surface area contributed by atoms with Crippen LogP contribution in [0, 0.1) is 0 Å². The van der Waals surface area contributed by atoms with Gasteiger partial charge in [-0.15, -0.1) is 0 Å². The third-order valence-electron chi connectivity index (χ3n) is 2.68. The van der Waals surface area contributed by atoms with Crippen molar-refractivity contribution < 1.29 is 0 Å². The molecule has 2 rings (SSSR count). The van der Waals surface area contributed by atoms with Crippen LogP contribution < -0.4 is 5.32 Å². The molecular weight excluding hydrogens is 291 g/mol. The minimum Gasteiger partial charge on any atom is -0.309 e. The molecule has 1 aromatic carbocycles. The van der Waals surface area contributed by atoms with E-state index >= 15 is 0 Å². The predicted molar refractivity (Wildman–Crippen MR) is 76.6 cm³/mol. The average Bonchev–Trinajstić information content (AvgIpc) is 2.37. The Morgan fingerprint density at radius 3 is 2.44 bits per heavy atom. The van der Waals surface area contributed by atoms with Gasteiger partial charge in [-0.25, -0.2) is 0 Å². The van der Waals surface area contributed by atoms with Gasteiger partial charge in [0, 0.05) is 12.4 Å². The van der Waals surface area contributed by atoms with Gasteiger partial charge in [0.1, 0.15) is 0 Å². The van der Waals surface area contributed by atoms with Gasteiger partial charge in [-0.2, -0.15) is 0 Å². The smallest absolute Gasteiger partial charge is 0.0640 e. The van der Waals surface area contributed by atoms with E-state index in [2.05, 4.69) is 10.3 Å². The molecule has 0 radical (unpaired) electrons. The molecule has 1 N–H and O–H groups in total. The van der Waals surface area contributed by atoms with Crippen LogP contribution >= 0.6 is 34.8 Å². The van der Waals surface area contributed by atoms with Gasteiger partial charge in [0.2, 0.25) is 0 Å². The molecule has 0 aliphatic carbocycles. The van der Waals surface area contributed by atoms with Crippen LogP contribution in [0.4, 0.5) is 0 Å². The zero-order valence-corrected chi connectivity index (χ0v) is 11.9. The molecule has 0 saturated heterocycles. The summed E-state index contributed by atoms with van der Waals surface area (Å²) >= 11 is 18.1. The number of hydrogen-bond donors (Lipinski definition) is 1. The molecule has 18 heavy (non-hydrogen) atoms. The number of nitrogens with one attached hydrogen (secondary N) is 1. The maximum atomic E-state index is 6.16. The maximum absolute atomic E-state index is 6.16. The summed E-state index contributed by atoms with van der Waals surface area (Å²) < 4.78 is 0. The highest BCUT2D eigenvalue weighted by molar-refractivity contribution is 6.42. The second-order valence-electron chi connectivity index (χ2n) is 3.79. The first-order valence-electron chi connectivity index (χ1n) is 5.35. The predicted octanol–water partition coefficient (Wildman–Crippen LogP) is 4.35. The van der Waals surface area contributed by atoms with Crippen molar-refractivity contribution in [1.29, 1.82) is 0 Å². The zero-order valence-electron chi connectivity index (χ0n) is 9.62. The highest BCUT2D eigenvalue weighted by atomic mass is 35.5. The lowest BCUT2D eigenvalue weighted by atomic mass is 10.00. The van der Waals surface area contributed by atoms with Gasteiger partial charge in [0.05, 0.1) is 21.1 Å². The number of pyridine rings is 1. The second-order valence-corrected chi connectivity index (χ2v) is 5.01. The van der Waals surface area contributed by atoms with E-state index in [0.717, 1.165) is 11.1 Å². The van der Waals surface area contributed by atoms with E-state index in [0.29, 0.717) is 15.1 Å². The first-order valence-corrected chi connectivity index (χ1v) is 6.48. The van der Waals surface area contributed by atoms with Gasteiger partial charge in [0.15, 0.2) is 0 Å². The average molecular weight is 302 g/mol. The van der Waals surface area contributed by atoms with E-state index in [-0.39, 0.29) is 6.04 Å². The van der Waals surface area contributed by atoms with Crippen molar-refractivity contribution in [3.8, 4) is 0 Å². The molecule has 0 spiro atoms. The van der Waals surface area contributed by atoms with E-state index < -0.39 is 0 Å². The van der Waals surface area contributed by atoms with E-state index in [1.165, 1.54) is 0 Å². The van der Waals surface area contributed by atoms with Gasteiger partial charge in [-0.1, -0.05) is 40.9 Å². The Balaban J connectivity index is 2.45. The number of halogens is 3. The normalized spacial score (nSPS) is 12.4. The number of aromatic nitrogens is 1. The van der Waals surface area contributed by atoms with Crippen LogP contribution in [0.3, 0.4) is 0 Å². The molecule has 0 saturated carbocycles. The third kappa shape index (κ3) is 2.78. The van der Waals surface area contributed by atoms with E-state index in [1.54, 1.807) is 18.5 Å². The first kappa shape index (κ1) is 13.6. The largest absolute Gasteiger partial charge is 0.309 e. The first-order chi connectivity index (χ1) is 8.63. The molecule has 1 unspecified atom stereocenters. The fourth-order valence-corrected chi connectivity index (χ4v) is 2.35. The monoisotopic (exact) mass is 300 g/mol. The van der Waals surface area contributed by atoms with Gasteiger partial charge in [-0.05, 0) is 36.4 Å². The minimum atomic E-state index is -0.0460. The van der Waals surface area contributed by atoms with Gasteiger partial charge in [0.25, 0.3) is 0 Å². The molecule has 0 aliphatic heterocycles. The van der Waals surface area contributed by atoms with Crippen LogP contribution in [0.15, 0.2) is 36.7 Å². The third-order valence-corrected chi connectivity index (χ3v) is 3.74. The molecule has 0 fully saturated rings. The standard InChI is InChI=1S/C13H11Cl3N2/c1-17-13(9-4-5-18-7-12(9)16)8-2-3-10(14)11(15)6-8/h2-7,13,17H,1H3. The lowest BCUT2D eigenvalue weighted by Gasteiger charge is -2.18. The summed E-state index contributed by atoms with van der Waals surface area (Å²) in [5.74, 6) is 0. The van der Waals surface area contributed by atoms with E-state index in [1.807, 2.05) is 25.2 Å². The van der Waals surface area contributed by atoms with Gasteiger partial charge < -0.3 is 5.32 Å². The Bertz CT molecular complexity index is 558. The SMILES string of the molecule is CNC(c1ccc(Cl)c(Cl)c1)c1ccncc1Cl. The summed E-state index contributed by atoms with van der Waals surface area (Å²) in [6.07, 6.45) is 3.34. The summed E-state index contributed by atoms with van der Waals surface area (Å²) in [6.45, 7) is 0. The Kier molecular flexibility index (Phi) is 4.46. The Hall–Kier alpha value is -0.800.